The number of nitrogens with two attached hydrogens (primary N) is 1. The highest BCUT2D eigenvalue weighted by Crippen LogP contribution is 2.44. The number of ether oxygens (including phenoxy) is 3. The van der Waals surface area contributed by atoms with E-state index in [0.717, 1.165) is 52.0 Å². The van der Waals surface area contributed by atoms with Crippen molar-refractivity contribution >= 4 is 22.5 Å². The van der Waals surface area contributed by atoms with E-state index in [9.17, 15) is 0 Å². The zero-order valence-corrected chi connectivity index (χ0v) is 17.6. The average molecular weight is 403 g/mol. The van der Waals surface area contributed by atoms with Gasteiger partial charge in [-0.05, 0) is 62.1 Å². The molecule has 1 heterocycles. The number of fused-ring (bicyclic) bond motifs is 1. The summed E-state index contributed by atoms with van der Waals surface area (Å²) in [5.41, 5.74) is 11.1. The fourth-order valence-electron chi connectivity index (χ4n) is 3.63. The van der Waals surface area contributed by atoms with E-state index in [1.807, 2.05) is 24.3 Å². The quantitative estimate of drug-likeness (QED) is 0.514. The first-order valence-corrected chi connectivity index (χ1v) is 9.73. The number of aryl methyl sites for hydroxylation is 2. The van der Waals surface area contributed by atoms with E-state index >= 15 is 0 Å². The van der Waals surface area contributed by atoms with Crippen molar-refractivity contribution in [2.75, 3.05) is 27.9 Å². The van der Waals surface area contributed by atoms with Crippen LogP contribution in [-0.4, -0.2) is 32.9 Å². The van der Waals surface area contributed by atoms with Crippen LogP contribution in [0.25, 0.3) is 22.2 Å². The molecule has 0 unspecified atom stereocenters. The van der Waals surface area contributed by atoms with Crippen LogP contribution in [0.3, 0.4) is 0 Å². The maximum Gasteiger partial charge on any atom is 0.203 e. The summed E-state index contributed by atoms with van der Waals surface area (Å²) in [6.45, 7) is 2.76. The fourth-order valence-corrected chi connectivity index (χ4v) is 3.90. The molecule has 28 heavy (non-hydrogen) atoms. The van der Waals surface area contributed by atoms with Crippen molar-refractivity contribution in [2.24, 2.45) is 5.73 Å². The number of aromatic nitrogens is 1. The van der Waals surface area contributed by atoms with Crippen LogP contribution in [0.15, 0.2) is 24.3 Å². The second kappa shape index (κ2) is 8.76. The van der Waals surface area contributed by atoms with Crippen LogP contribution >= 0.6 is 11.6 Å². The first kappa shape index (κ1) is 20.4. The highest BCUT2D eigenvalue weighted by molar-refractivity contribution is 6.36. The van der Waals surface area contributed by atoms with Crippen molar-refractivity contribution in [3.63, 3.8) is 0 Å². The lowest BCUT2D eigenvalue weighted by atomic mass is 9.99. The molecule has 5 nitrogen and oxygen atoms in total. The van der Waals surface area contributed by atoms with Crippen molar-refractivity contribution in [1.29, 1.82) is 0 Å². The minimum atomic E-state index is 0.573. The van der Waals surface area contributed by atoms with Crippen LogP contribution in [0.2, 0.25) is 5.02 Å². The Bertz CT molecular complexity index is 957. The summed E-state index contributed by atoms with van der Waals surface area (Å²) in [4.78, 5) is 3.59. The number of methoxy groups -OCH3 is 3. The lowest BCUT2D eigenvalue weighted by molar-refractivity contribution is 0.324. The number of H-pyrrole nitrogens is 1. The number of halogens is 1. The maximum atomic E-state index is 6.60. The Morgan fingerprint density at radius 2 is 1.68 bits per heavy atom. The molecule has 0 spiro atoms. The largest absolute Gasteiger partial charge is 0.493 e. The zero-order chi connectivity index (χ0) is 20.3. The maximum absolute atomic E-state index is 6.60. The van der Waals surface area contributed by atoms with E-state index in [4.69, 9.17) is 31.5 Å². The van der Waals surface area contributed by atoms with Gasteiger partial charge in [-0.2, -0.15) is 0 Å². The molecule has 150 valence electrons. The molecule has 0 saturated carbocycles. The van der Waals surface area contributed by atoms with Gasteiger partial charge in [0.1, 0.15) is 0 Å². The summed E-state index contributed by atoms with van der Waals surface area (Å²) in [5, 5.41) is 1.82. The molecule has 1 aromatic heterocycles. The van der Waals surface area contributed by atoms with E-state index < -0.39 is 0 Å². The Morgan fingerprint density at radius 1 is 1.00 bits per heavy atom. The third kappa shape index (κ3) is 3.64. The van der Waals surface area contributed by atoms with Crippen LogP contribution in [0.4, 0.5) is 0 Å². The molecule has 0 radical (unpaired) electrons. The predicted octanol–water partition coefficient (Wildman–Crippen LogP) is 5.10. The van der Waals surface area contributed by atoms with Crippen molar-refractivity contribution < 1.29 is 14.2 Å². The highest BCUT2D eigenvalue weighted by atomic mass is 35.5. The van der Waals surface area contributed by atoms with E-state index in [-0.39, 0.29) is 0 Å². The molecule has 6 heteroatoms. The number of hydrogen-bond donors (Lipinski definition) is 2. The predicted molar refractivity (Wildman–Crippen MR) is 115 cm³/mol. The molecule has 3 N–H and O–H groups in total. The van der Waals surface area contributed by atoms with Crippen LogP contribution in [0, 0.1) is 6.92 Å². The van der Waals surface area contributed by atoms with Crippen LogP contribution in [0.1, 0.15) is 24.0 Å². The van der Waals surface area contributed by atoms with Crippen LogP contribution in [0.5, 0.6) is 17.2 Å². The van der Waals surface area contributed by atoms with Gasteiger partial charge in [-0.1, -0.05) is 17.7 Å². The number of hydrogen-bond acceptors (Lipinski definition) is 4. The van der Waals surface area contributed by atoms with Crippen molar-refractivity contribution in [3.8, 4) is 28.5 Å². The minimum Gasteiger partial charge on any atom is -0.493 e. The van der Waals surface area contributed by atoms with E-state index in [1.165, 1.54) is 5.56 Å². The standard InChI is InChI=1S/C22H27ClN2O3/c1-13-8-9-16(23)19-15(7-5-6-10-24)21(25-20(13)19)14-11-17(26-2)22(28-4)18(12-14)27-3/h8-9,11-12,25H,5-7,10,24H2,1-4H3. The second-order valence-electron chi connectivity index (χ2n) is 6.75. The van der Waals surface area contributed by atoms with Gasteiger partial charge in [-0.3, -0.25) is 0 Å². The monoisotopic (exact) mass is 402 g/mol. The summed E-state index contributed by atoms with van der Waals surface area (Å²) in [7, 11) is 4.84. The van der Waals surface area contributed by atoms with Crippen LogP contribution in [-0.2, 0) is 6.42 Å². The summed E-state index contributed by atoms with van der Waals surface area (Å²) >= 11 is 6.60. The average Bonchev–Trinajstić information content (AvgIpc) is 3.10. The van der Waals surface area contributed by atoms with Gasteiger partial charge in [-0.15, -0.1) is 0 Å². The van der Waals surface area contributed by atoms with Gasteiger partial charge in [0, 0.05) is 10.9 Å². The molecule has 3 rings (SSSR count). The van der Waals surface area contributed by atoms with Gasteiger partial charge < -0.3 is 24.9 Å². The molecule has 0 bridgehead atoms. The second-order valence-corrected chi connectivity index (χ2v) is 7.16. The number of benzene rings is 2. The van der Waals surface area contributed by atoms with Crippen molar-refractivity contribution in [3.05, 3.63) is 40.4 Å². The summed E-state index contributed by atoms with van der Waals surface area (Å²) in [5.74, 6) is 1.81. The Morgan fingerprint density at radius 3 is 2.25 bits per heavy atom. The van der Waals surface area contributed by atoms with Crippen molar-refractivity contribution in [1.82, 2.24) is 4.98 Å². The fraction of sp³-hybridized carbons (Fsp3) is 0.364. The van der Waals surface area contributed by atoms with Gasteiger partial charge in [0.2, 0.25) is 5.75 Å². The molecule has 0 aliphatic carbocycles. The Labute approximate surface area is 170 Å². The smallest absolute Gasteiger partial charge is 0.203 e. The summed E-state index contributed by atoms with van der Waals surface area (Å²) < 4.78 is 16.5. The topological polar surface area (TPSA) is 69.5 Å². The molecule has 0 aliphatic rings. The number of nitrogens with one attached hydrogen (secondary N) is 1. The molecular formula is C22H27ClN2O3. The van der Waals surface area contributed by atoms with Crippen LogP contribution < -0.4 is 19.9 Å². The third-order valence-electron chi connectivity index (χ3n) is 5.05. The molecule has 0 atom stereocenters. The Balaban J connectivity index is 2.26. The van der Waals surface area contributed by atoms with Crippen molar-refractivity contribution in [2.45, 2.75) is 26.2 Å². The Hall–Kier alpha value is -2.37. The van der Waals surface area contributed by atoms with E-state index in [2.05, 4.69) is 11.9 Å². The number of rotatable bonds is 8. The number of aromatic amines is 1. The third-order valence-corrected chi connectivity index (χ3v) is 5.37. The van der Waals surface area contributed by atoms with Gasteiger partial charge in [-0.25, -0.2) is 0 Å². The molecular weight excluding hydrogens is 376 g/mol. The molecule has 2 aromatic carbocycles. The van der Waals surface area contributed by atoms with E-state index in [1.54, 1.807) is 21.3 Å². The Kier molecular flexibility index (Phi) is 6.37. The normalized spacial score (nSPS) is 11.1. The first-order valence-electron chi connectivity index (χ1n) is 9.35. The van der Waals surface area contributed by atoms with Gasteiger partial charge in [0.25, 0.3) is 0 Å². The number of unbranched alkanes of at least 4 members (excludes halogenated alkanes) is 1. The van der Waals surface area contributed by atoms with Gasteiger partial charge >= 0.3 is 0 Å². The lowest BCUT2D eigenvalue weighted by Gasteiger charge is -2.14. The van der Waals surface area contributed by atoms with Gasteiger partial charge in [0.15, 0.2) is 11.5 Å². The summed E-state index contributed by atoms with van der Waals surface area (Å²) in [6, 6.07) is 7.91. The van der Waals surface area contributed by atoms with E-state index in [0.29, 0.717) is 23.8 Å². The SMILES string of the molecule is COc1cc(-c2[nH]c3c(C)ccc(Cl)c3c2CCCCN)cc(OC)c1OC. The zero-order valence-electron chi connectivity index (χ0n) is 16.8. The molecule has 0 aliphatic heterocycles. The highest BCUT2D eigenvalue weighted by Gasteiger charge is 2.20. The lowest BCUT2D eigenvalue weighted by Crippen LogP contribution is -2.00. The molecule has 0 fully saturated rings. The molecule has 0 amide bonds. The molecule has 3 aromatic rings. The van der Waals surface area contributed by atoms with Gasteiger partial charge in [0.05, 0.1) is 37.6 Å². The first-order chi connectivity index (χ1) is 13.5. The summed E-state index contributed by atoms with van der Waals surface area (Å²) in [6.07, 6.45) is 2.84. The minimum absolute atomic E-state index is 0.573. The molecule has 0 saturated heterocycles.